The number of hydrogen-bond acceptors (Lipinski definition) is 13. The van der Waals surface area contributed by atoms with Crippen LogP contribution in [0.5, 0.6) is 0 Å². The number of nitrogens with one attached hydrogen (secondary N) is 4. The zero-order valence-electron chi connectivity index (χ0n) is 25.5. The third kappa shape index (κ3) is 15.2. The van der Waals surface area contributed by atoms with Gasteiger partial charge in [-0.1, -0.05) is 0 Å². The number of carbonyl (C=O) groups excluding carboxylic acids is 5. The minimum atomic E-state index is -1.95. The Morgan fingerprint density at radius 2 is 1.37 bits per heavy atom. The number of amides is 4. The van der Waals surface area contributed by atoms with Crippen LogP contribution in [0.15, 0.2) is 0 Å². The molecule has 0 aliphatic heterocycles. The lowest BCUT2D eigenvalue weighted by molar-refractivity contribution is -0.158. The fraction of sp³-hybridized carbons (Fsp3) is 0.692. The summed E-state index contributed by atoms with van der Waals surface area (Å²) in [6.07, 6.45) is -8.00. The fourth-order valence-corrected chi connectivity index (χ4v) is 3.85. The third-order valence-electron chi connectivity index (χ3n) is 6.50. The van der Waals surface area contributed by atoms with Crippen molar-refractivity contribution in [1.29, 1.82) is 0 Å². The fourth-order valence-electron chi connectivity index (χ4n) is 3.85. The maximum atomic E-state index is 12.7. The van der Waals surface area contributed by atoms with Crippen LogP contribution in [0.2, 0.25) is 0 Å². The zero-order chi connectivity index (χ0) is 35.7. The average molecular weight is 666 g/mol. The largest absolute Gasteiger partial charge is 0.480 e. The highest BCUT2D eigenvalue weighted by molar-refractivity contribution is 5.91. The lowest BCUT2D eigenvalue weighted by atomic mass is 10.0. The quantitative estimate of drug-likeness (QED) is 0.0456. The van der Waals surface area contributed by atoms with Crippen LogP contribution in [0.4, 0.5) is 0 Å². The van der Waals surface area contributed by atoms with Crippen molar-refractivity contribution < 1.29 is 73.7 Å². The molecule has 0 fully saturated rings. The molecule has 0 spiro atoms. The van der Waals surface area contributed by atoms with Gasteiger partial charge in [0.1, 0.15) is 60.9 Å². The number of rotatable bonds is 23. The number of carboxylic acids is 3. The summed E-state index contributed by atoms with van der Waals surface area (Å²) in [5.74, 6) is -7.83. The van der Waals surface area contributed by atoms with E-state index in [4.69, 9.17) is 20.7 Å². The van der Waals surface area contributed by atoms with E-state index in [0.717, 1.165) is 13.8 Å². The standard InChI is InChI=1S/C26H43N5O15/c1-11(28-23(39)12(2)46-21(20(37)18(35)10-33)17(9-32)29-13(3)34)22(38)31-16(26(44)45)7-8-19(36)30-15(25(42)43)6-4-5-14(27)24(40)41/h9,11-12,14-18,20-21,33,35,37H,4-8,10,27H2,1-3H3,(H,28,39)(H,29,34)(H,30,36)(H,31,38)(H,40,41)(H,42,43)(H,44,45)/t11-,12+,14?,15?,16+,17-,18+,20+,21+/m0/s1. The number of aldehydes is 1. The van der Waals surface area contributed by atoms with Gasteiger partial charge in [-0.15, -0.1) is 0 Å². The smallest absolute Gasteiger partial charge is 0.326 e. The van der Waals surface area contributed by atoms with Crippen molar-refractivity contribution in [1.82, 2.24) is 21.3 Å². The number of nitrogens with two attached hydrogens (primary N) is 1. The molecular weight excluding hydrogens is 622 g/mol. The summed E-state index contributed by atoms with van der Waals surface area (Å²) in [5, 5.41) is 65.6. The third-order valence-corrected chi connectivity index (χ3v) is 6.50. The van der Waals surface area contributed by atoms with Gasteiger partial charge >= 0.3 is 17.9 Å². The van der Waals surface area contributed by atoms with E-state index in [-0.39, 0.29) is 25.5 Å². The molecule has 0 radical (unpaired) electrons. The van der Waals surface area contributed by atoms with Gasteiger partial charge in [-0.05, 0) is 39.5 Å². The number of aliphatic carboxylic acids is 3. The first-order chi connectivity index (χ1) is 21.4. The Morgan fingerprint density at radius 3 is 1.85 bits per heavy atom. The van der Waals surface area contributed by atoms with Gasteiger partial charge < -0.3 is 67.2 Å². The summed E-state index contributed by atoms with van der Waals surface area (Å²) in [7, 11) is 0. The zero-order valence-corrected chi connectivity index (χ0v) is 25.5. The summed E-state index contributed by atoms with van der Waals surface area (Å²) in [6, 6.07) is -7.22. The Balaban J connectivity index is 5.24. The topological polar surface area (TPSA) is 341 Å². The first-order valence-electron chi connectivity index (χ1n) is 14.0. The van der Waals surface area contributed by atoms with Crippen LogP contribution in [0, 0.1) is 0 Å². The molecule has 0 saturated heterocycles. The minimum absolute atomic E-state index is 0.0482. The number of aliphatic hydroxyl groups is 3. The molecule has 262 valence electrons. The van der Waals surface area contributed by atoms with Gasteiger partial charge in [0.15, 0.2) is 0 Å². The SMILES string of the molecule is CC(=O)N[C@@H](C=O)[C@@H](O[C@H](C)C(=O)N[C@@H](C)C(=O)N[C@H](CCC(=O)NC(CCCC(N)C(=O)O)C(=O)O)C(=O)O)[C@H](O)[C@H](O)CO. The molecule has 0 aliphatic carbocycles. The van der Waals surface area contributed by atoms with Gasteiger partial charge in [-0.2, -0.15) is 0 Å². The van der Waals surface area contributed by atoms with E-state index >= 15 is 0 Å². The highest BCUT2D eigenvalue weighted by Crippen LogP contribution is 2.13. The van der Waals surface area contributed by atoms with Gasteiger partial charge in [-0.3, -0.25) is 24.0 Å². The van der Waals surface area contributed by atoms with Crippen LogP contribution in [0.3, 0.4) is 0 Å². The summed E-state index contributed by atoms with van der Waals surface area (Å²) < 4.78 is 5.39. The normalized spacial score (nSPS) is 16.9. The lowest BCUT2D eigenvalue weighted by Gasteiger charge is -2.32. The molecule has 0 aromatic carbocycles. The Kier molecular flexibility index (Phi) is 18.8. The van der Waals surface area contributed by atoms with E-state index in [0.29, 0.717) is 0 Å². The maximum absolute atomic E-state index is 12.7. The van der Waals surface area contributed by atoms with Crippen LogP contribution in [0.25, 0.3) is 0 Å². The Hall–Kier alpha value is -4.24. The number of carbonyl (C=O) groups is 8. The molecule has 0 aliphatic rings. The molecule has 0 bridgehead atoms. The molecular formula is C26H43N5O15. The minimum Gasteiger partial charge on any atom is -0.480 e. The molecule has 9 atom stereocenters. The van der Waals surface area contributed by atoms with E-state index in [1.54, 1.807) is 0 Å². The molecule has 46 heavy (non-hydrogen) atoms. The predicted octanol–water partition coefficient (Wildman–Crippen LogP) is -4.82. The van der Waals surface area contributed by atoms with E-state index in [1.807, 2.05) is 0 Å². The van der Waals surface area contributed by atoms with E-state index in [2.05, 4.69) is 21.3 Å². The molecule has 20 nitrogen and oxygen atoms in total. The number of ether oxygens (including phenoxy) is 1. The monoisotopic (exact) mass is 665 g/mol. The summed E-state index contributed by atoms with van der Waals surface area (Å²) in [4.78, 5) is 94.5. The van der Waals surface area contributed by atoms with E-state index in [9.17, 15) is 58.8 Å². The Morgan fingerprint density at radius 1 is 0.804 bits per heavy atom. The predicted molar refractivity (Wildman–Crippen MR) is 153 cm³/mol. The van der Waals surface area contributed by atoms with Crippen LogP contribution in [-0.4, -0.2) is 140 Å². The molecule has 0 aromatic rings. The molecule has 0 rings (SSSR count). The van der Waals surface area contributed by atoms with Gasteiger partial charge in [0.05, 0.1) is 6.61 Å². The van der Waals surface area contributed by atoms with Crippen molar-refractivity contribution in [3.8, 4) is 0 Å². The van der Waals surface area contributed by atoms with Gasteiger partial charge in [0.25, 0.3) is 0 Å². The molecule has 2 unspecified atom stereocenters. The first-order valence-corrected chi connectivity index (χ1v) is 14.0. The molecule has 0 saturated carbocycles. The maximum Gasteiger partial charge on any atom is 0.326 e. The van der Waals surface area contributed by atoms with Gasteiger partial charge in [0.2, 0.25) is 23.6 Å². The molecule has 0 aromatic heterocycles. The second kappa shape index (κ2) is 20.7. The molecule has 4 amide bonds. The highest BCUT2D eigenvalue weighted by atomic mass is 16.5. The molecule has 0 heterocycles. The lowest BCUT2D eigenvalue weighted by Crippen LogP contribution is -2.57. The molecule has 20 heteroatoms. The van der Waals surface area contributed by atoms with Crippen LogP contribution in [-0.2, 0) is 43.1 Å². The summed E-state index contributed by atoms with van der Waals surface area (Å²) in [5.41, 5.74) is 5.36. The van der Waals surface area contributed by atoms with Crippen LogP contribution in [0.1, 0.15) is 52.9 Å². The van der Waals surface area contributed by atoms with Crippen molar-refractivity contribution >= 4 is 47.8 Å². The van der Waals surface area contributed by atoms with Crippen molar-refractivity contribution in [2.24, 2.45) is 5.73 Å². The average Bonchev–Trinajstić information content (AvgIpc) is 2.98. The first kappa shape index (κ1) is 41.8. The van der Waals surface area contributed by atoms with Gasteiger partial charge in [-0.25, -0.2) is 9.59 Å². The van der Waals surface area contributed by atoms with Gasteiger partial charge in [0, 0.05) is 13.3 Å². The second-order valence-corrected chi connectivity index (χ2v) is 10.3. The van der Waals surface area contributed by atoms with Crippen LogP contribution < -0.4 is 27.0 Å². The van der Waals surface area contributed by atoms with Crippen molar-refractivity contribution in [2.75, 3.05) is 6.61 Å². The van der Waals surface area contributed by atoms with Crippen molar-refractivity contribution in [3.63, 3.8) is 0 Å². The highest BCUT2D eigenvalue weighted by Gasteiger charge is 2.37. The Labute approximate surface area is 263 Å². The van der Waals surface area contributed by atoms with Crippen molar-refractivity contribution in [2.45, 2.75) is 108 Å². The summed E-state index contributed by atoms with van der Waals surface area (Å²) >= 11 is 0. The summed E-state index contributed by atoms with van der Waals surface area (Å²) in [6.45, 7) is 2.41. The number of hydrogen-bond donors (Lipinski definition) is 11. The van der Waals surface area contributed by atoms with Crippen molar-refractivity contribution in [3.05, 3.63) is 0 Å². The van der Waals surface area contributed by atoms with E-state index < -0.39 is 116 Å². The number of aliphatic hydroxyl groups excluding tert-OH is 3. The second-order valence-electron chi connectivity index (χ2n) is 10.3. The van der Waals surface area contributed by atoms with Crippen LogP contribution >= 0.6 is 0 Å². The number of carboxylic acid groups (broad SMARTS) is 3. The molecule has 12 N–H and O–H groups in total. The van der Waals surface area contributed by atoms with E-state index in [1.165, 1.54) is 6.92 Å². The Bertz CT molecular complexity index is 1090.